The van der Waals surface area contributed by atoms with E-state index in [1.807, 2.05) is 38.1 Å². The Morgan fingerprint density at radius 3 is 2.26 bits per heavy atom. The van der Waals surface area contributed by atoms with Crippen molar-refractivity contribution >= 4 is 27.3 Å². The van der Waals surface area contributed by atoms with Gasteiger partial charge in [0.05, 0.1) is 24.8 Å². The molecule has 0 aliphatic carbocycles. The van der Waals surface area contributed by atoms with Crippen molar-refractivity contribution < 1.29 is 27.4 Å². The van der Waals surface area contributed by atoms with Gasteiger partial charge in [0.15, 0.2) is 6.10 Å². The van der Waals surface area contributed by atoms with Crippen LogP contribution in [0.5, 0.6) is 17.2 Å². The number of benzene rings is 3. The zero-order valence-corrected chi connectivity index (χ0v) is 20.3. The molecule has 0 bridgehead atoms. The summed E-state index contributed by atoms with van der Waals surface area (Å²) in [7, 11) is -0.934. The number of carbonyl (C=O) groups excluding carboxylic acids is 1. The molecule has 0 aliphatic rings. The van der Waals surface area contributed by atoms with Gasteiger partial charge in [-0.05, 0) is 61.4 Å². The van der Waals surface area contributed by atoms with Gasteiger partial charge in [-0.15, -0.1) is 0 Å². The Labute approximate surface area is 199 Å². The Hall–Kier alpha value is -3.72. The van der Waals surface area contributed by atoms with Crippen LogP contribution in [0.4, 0.5) is 11.4 Å². The van der Waals surface area contributed by atoms with E-state index in [1.165, 1.54) is 38.5 Å². The second kappa shape index (κ2) is 10.9. The van der Waals surface area contributed by atoms with Crippen LogP contribution in [0.1, 0.15) is 18.9 Å². The van der Waals surface area contributed by atoms with Gasteiger partial charge in [0.2, 0.25) is 0 Å². The molecule has 0 saturated heterocycles. The molecule has 34 heavy (non-hydrogen) atoms. The van der Waals surface area contributed by atoms with E-state index in [9.17, 15) is 13.2 Å². The molecule has 3 rings (SSSR count). The minimum Gasteiger partial charge on any atom is -0.497 e. The van der Waals surface area contributed by atoms with E-state index in [4.69, 9.17) is 14.2 Å². The molecule has 0 heterocycles. The van der Waals surface area contributed by atoms with Crippen LogP contribution in [0.25, 0.3) is 0 Å². The molecule has 3 aromatic carbocycles. The van der Waals surface area contributed by atoms with Crippen LogP contribution in [-0.2, 0) is 14.8 Å². The fourth-order valence-electron chi connectivity index (χ4n) is 3.19. The van der Waals surface area contributed by atoms with Crippen molar-refractivity contribution in [1.82, 2.24) is 0 Å². The van der Waals surface area contributed by atoms with Gasteiger partial charge in [0, 0.05) is 11.8 Å². The van der Waals surface area contributed by atoms with Gasteiger partial charge in [-0.3, -0.25) is 9.52 Å². The maximum Gasteiger partial charge on any atom is 0.265 e. The van der Waals surface area contributed by atoms with Gasteiger partial charge in [0.25, 0.3) is 15.9 Å². The summed E-state index contributed by atoms with van der Waals surface area (Å²) in [5, 5.41) is 2.78. The predicted molar refractivity (Wildman–Crippen MR) is 131 cm³/mol. The summed E-state index contributed by atoms with van der Waals surface area (Å²) in [5.74, 6) is 1.19. The number of carbonyl (C=O) groups is 1. The lowest BCUT2D eigenvalue weighted by atomic mass is 10.2. The van der Waals surface area contributed by atoms with Crippen molar-refractivity contribution in [2.75, 3.05) is 24.3 Å². The Bertz CT molecular complexity index is 1240. The summed E-state index contributed by atoms with van der Waals surface area (Å²) in [5.41, 5.74) is 1.67. The number of methoxy groups -OCH3 is 2. The third-order valence-electron chi connectivity index (χ3n) is 5.11. The number of para-hydroxylation sites is 1. The molecule has 0 aliphatic heterocycles. The van der Waals surface area contributed by atoms with E-state index in [2.05, 4.69) is 10.0 Å². The van der Waals surface area contributed by atoms with Crippen LogP contribution in [-0.4, -0.2) is 34.6 Å². The second-order valence-corrected chi connectivity index (χ2v) is 9.15. The highest BCUT2D eigenvalue weighted by atomic mass is 32.2. The lowest BCUT2D eigenvalue weighted by molar-refractivity contribution is -0.122. The molecule has 2 N–H and O–H groups in total. The van der Waals surface area contributed by atoms with Crippen LogP contribution in [0.15, 0.2) is 71.6 Å². The zero-order chi connectivity index (χ0) is 24.7. The van der Waals surface area contributed by atoms with Crippen molar-refractivity contribution in [2.24, 2.45) is 0 Å². The molecule has 8 nitrogen and oxygen atoms in total. The van der Waals surface area contributed by atoms with Gasteiger partial charge in [0.1, 0.15) is 17.2 Å². The number of rotatable bonds is 10. The summed E-state index contributed by atoms with van der Waals surface area (Å²) in [6.45, 7) is 3.77. The van der Waals surface area contributed by atoms with Gasteiger partial charge in [-0.1, -0.05) is 25.1 Å². The third-order valence-corrected chi connectivity index (χ3v) is 6.49. The Kier molecular flexibility index (Phi) is 8.01. The largest absolute Gasteiger partial charge is 0.497 e. The fraction of sp³-hybridized carbons (Fsp3) is 0.240. The van der Waals surface area contributed by atoms with Crippen molar-refractivity contribution in [1.29, 1.82) is 0 Å². The first kappa shape index (κ1) is 24.9. The number of amides is 1. The minimum atomic E-state index is -3.89. The Morgan fingerprint density at radius 1 is 0.941 bits per heavy atom. The van der Waals surface area contributed by atoms with E-state index in [-0.39, 0.29) is 16.5 Å². The average molecular weight is 485 g/mol. The summed E-state index contributed by atoms with van der Waals surface area (Å²) in [4.78, 5) is 12.7. The highest BCUT2D eigenvalue weighted by Gasteiger charge is 2.21. The van der Waals surface area contributed by atoms with Crippen molar-refractivity contribution in [2.45, 2.75) is 31.3 Å². The molecule has 1 atom stereocenters. The quantitative estimate of drug-likeness (QED) is 0.436. The van der Waals surface area contributed by atoms with Gasteiger partial charge in [-0.25, -0.2) is 8.42 Å². The summed E-state index contributed by atoms with van der Waals surface area (Å²) >= 11 is 0. The molecule has 0 unspecified atom stereocenters. The standard InChI is InChI=1S/C25H28N2O6S/c1-5-22(33-23-9-7-6-8-17(23)2)25(28)26-18-10-13-20(14-11-18)34(29,30)27-21-15-12-19(31-3)16-24(21)32-4/h6-16,22,27H,5H2,1-4H3,(H,26,28)/t22-/m1/s1. The van der Waals surface area contributed by atoms with E-state index < -0.39 is 16.1 Å². The lowest BCUT2D eigenvalue weighted by Crippen LogP contribution is -2.32. The molecule has 0 spiro atoms. The number of aryl methyl sites for hydroxylation is 1. The van der Waals surface area contributed by atoms with E-state index >= 15 is 0 Å². The smallest absolute Gasteiger partial charge is 0.265 e. The Morgan fingerprint density at radius 2 is 1.65 bits per heavy atom. The Balaban J connectivity index is 1.70. The van der Waals surface area contributed by atoms with E-state index in [0.29, 0.717) is 29.4 Å². The molecule has 9 heteroatoms. The number of sulfonamides is 1. The number of nitrogens with one attached hydrogen (secondary N) is 2. The molecule has 0 fully saturated rings. The maximum absolute atomic E-state index is 12.8. The van der Waals surface area contributed by atoms with Crippen LogP contribution < -0.4 is 24.2 Å². The van der Waals surface area contributed by atoms with Crippen molar-refractivity contribution in [3.63, 3.8) is 0 Å². The normalized spacial score (nSPS) is 11.9. The van der Waals surface area contributed by atoms with Crippen LogP contribution in [0.3, 0.4) is 0 Å². The number of hydrogen-bond acceptors (Lipinski definition) is 6. The van der Waals surface area contributed by atoms with E-state index in [0.717, 1.165) is 5.56 Å². The number of hydrogen-bond donors (Lipinski definition) is 2. The van der Waals surface area contributed by atoms with Crippen molar-refractivity contribution in [3.8, 4) is 17.2 Å². The summed E-state index contributed by atoms with van der Waals surface area (Å²) in [6, 6.07) is 18.1. The first-order chi connectivity index (χ1) is 16.3. The van der Waals surface area contributed by atoms with Gasteiger partial charge < -0.3 is 19.5 Å². The summed E-state index contributed by atoms with van der Waals surface area (Å²) in [6.07, 6.45) is -0.214. The van der Waals surface area contributed by atoms with E-state index in [1.54, 1.807) is 18.2 Å². The molecule has 0 radical (unpaired) electrons. The molecule has 3 aromatic rings. The minimum absolute atomic E-state index is 0.0339. The van der Waals surface area contributed by atoms with Crippen LogP contribution >= 0.6 is 0 Å². The first-order valence-corrected chi connectivity index (χ1v) is 12.1. The molecular weight excluding hydrogens is 456 g/mol. The number of ether oxygens (including phenoxy) is 3. The highest BCUT2D eigenvalue weighted by Crippen LogP contribution is 2.31. The molecule has 0 saturated carbocycles. The van der Waals surface area contributed by atoms with Crippen molar-refractivity contribution in [3.05, 3.63) is 72.3 Å². The second-order valence-electron chi connectivity index (χ2n) is 7.47. The molecule has 1 amide bonds. The third kappa shape index (κ3) is 5.99. The van der Waals surface area contributed by atoms with Gasteiger partial charge in [-0.2, -0.15) is 0 Å². The van der Waals surface area contributed by atoms with Gasteiger partial charge >= 0.3 is 0 Å². The molecule has 180 valence electrons. The molecule has 0 aromatic heterocycles. The fourth-order valence-corrected chi connectivity index (χ4v) is 4.26. The number of anilines is 2. The van der Waals surface area contributed by atoms with Crippen LogP contribution in [0.2, 0.25) is 0 Å². The average Bonchev–Trinajstić information content (AvgIpc) is 2.83. The monoisotopic (exact) mass is 484 g/mol. The summed E-state index contributed by atoms with van der Waals surface area (Å²) < 4.78 is 44.4. The first-order valence-electron chi connectivity index (χ1n) is 10.7. The maximum atomic E-state index is 12.8. The SMILES string of the molecule is CC[C@@H](Oc1ccccc1C)C(=O)Nc1ccc(S(=O)(=O)Nc2ccc(OC)cc2OC)cc1. The topological polar surface area (TPSA) is 103 Å². The van der Waals surface area contributed by atoms with Crippen LogP contribution in [0, 0.1) is 6.92 Å². The zero-order valence-electron chi connectivity index (χ0n) is 19.5. The highest BCUT2D eigenvalue weighted by molar-refractivity contribution is 7.92. The lowest BCUT2D eigenvalue weighted by Gasteiger charge is -2.18. The molecular formula is C25H28N2O6S. The predicted octanol–water partition coefficient (Wildman–Crippen LogP) is 4.61.